The van der Waals surface area contributed by atoms with Crippen LogP contribution in [0.1, 0.15) is 12.8 Å². The topological polar surface area (TPSA) is 55.6 Å². The van der Waals surface area contributed by atoms with Crippen LogP contribution in [0, 0.1) is 11.8 Å². The Kier molecular flexibility index (Phi) is 3.03. The molecule has 1 amide bonds. The third-order valence-electron chi connectivity index (χ3n) is 3.27. The molecule has 2 saturated heterocycles. The number of fused-ring (bicyclic) bond motifs is 1. The first-order valence-electron chi connectivity index (χ1n) is 5.37. The maximum atomic E-state index is 11.6. The van der Waals surface area contributed by atoms with Crippen LogP contribution in [0.3, 0.4) is 0 Å². The standard InChI is InChI=1S/C10H18N2O2/c11-3-1-10(13)12-4-2-8-6-14-7-9(8)5-12/h8-9H,1-7,11H2/t8-,9+/m1/s1. The zero-order valence-corrected chi connectivity index (χ0v) is 8.45. The van der Waals surface area contributed by atoms with Crippen molar-refractivity contribution in [1.82, 2.24) is 4.90 Å². The van der Waals surface area contributed by atoms with E-state index in [1.165, 1.54) is 0 Å². The van der Waals surface area contributed by atoms with Crippen LogP contribution in [-0.4, -0.2) is 43.7 Å². The molecule has 2 fully saturated rings. The monoisotopic (exact) mass is 198 g/mol. The predicted molar refractivity (Wildman–Crippen MR) is 52.7 cm³/mol. The van der Waals surface area contributed by atoms with Gasteiger partial charge in [0, 0.05) is 38.6 Å². The molecule has 80 valence electrons. The van der Waals surface area contributed by atoms with Crippen molar-refractivity contribution in [3.05, 3.63) is 0 Å². The van der Waals surface area contributed by atoms with Crippen molar-refractivity contribution in [1.29, 1.82) is 0 Å². The summed E-state index contributed by atoms with van der Waals surface area (Å²) in [5.41, 5.74) is 5.37. The maximum Gasteiger partial charge on any atom is 0.223 e. The molecular weight excluding hydrogens is 180 g/mol. The Labute approximate surface area is 84.4 Å². The fourth-order valence-electron chi connectivity index (χ4n) is 2.37. The molecule has 0 spiro atoms. The number of hydrogen-bond acceptors (Lipinski definition) is 3. The Morgan fingerprint density at radius 3 is 3.00 bits per heavy atom. The van der Waals surface area contributed by atoms with Gasteiger partial charge in [-0.25, -0.2) is 0 Å². The molecule has 2 N–H and O–H groups in total. The molecule has 2 rings (SSSR count). The second kappa shape index (κ2) is 4.28. The van der Waals surface area contributed by atoms with E-state index in [1.54, 1.807) is 0 Å². The second-order valence-corrected chi connectivity index (χ2v) is 4.22. The third kappa shape index (κ3) is 1.91. The highest BCUT2D eigenvalue weighted by atomic mass is 16.5. The number of carbonyl (C=O) groups excluding carboxylic acids is 1. The fraction of sp³-hybridized carbons (Fsp3) is 0.900. The van der Waals surface area contributed by atoms with Gasteiger partial charge >= 0.3 is 0 Å². The zero-order valence-electron chi connectivity index (χ0n) is 8.45. The minimum Gasteiger partial charge on any atom is -0.381 e. The van der Waals surface area contributed by atoms with Gasteiger partial charge in [0.15, 0.2) is 0 Å². The Balaban J connectivity index is 1.87. The van der Waals surface area contributed by atoms with E-state index in [-0.39, 0.29) is 5.91 Å². The Morgan fingerprint density at radius 1 is 1.43 bits per heavy atom. The van der Waals surface area contributed by atoms with Gasteiger partial charge in [-0.2, -0.15) is 0 Å². The summed E-state index contributed by atoms with van der Waals surface area (Å²) >= 11 is 0. The summed E-state index contributed by atoms with van der Waals surface area (Å²) in [6.45, 7) is 3.95. The second-order valence-electron chi connectivity index (χ2n) is 4.22. The van der Waals surface area contributed by atoms with Crippen LogP contribution in [0.2, 0.25) is 0 Å². The van der Waals surface area contributed by atoms with Crippen molar-refractivity contribution >= 4 is 5.91 Å². The van der Waals surface area contributed by atoms with Crippen LogP contribution < -0.4 is 5.73 Å². The summed E-state index contributed by atoms with van der Waals surface area (Å²) in [6.07, 6.45) is 1.58. The van der Waals surface area contributed by atoms with Crippen molar-refractivity contribution < 1.29 is 9.53 Å². The maximum absolute atomic E-state index is 11.6. The molecule has 4 heteroatoms. The predicted octanol–water partition coefficient (Wildman–Crippen LogP) is -0.170. The van der Waals surface area contributed by atoms with E-state index < -0.39 is 0 Å². The molecule has 0 aromatic rings. The molecule has 0 aromatic heterocycles. The number of ether oxygens (including phenoxy) is 1. The normalized spacial score (nSPS) is 31.6. The Hall–Kier alpha value is -0.610. The van der Waals surface area contributed by atoms with Gasteiger partial charge in [0.2, 0.25) is 5.91 Å². The van der Waals surface area contributed by atoms with Gasteiger partial charge in [-0.15, -0.1) is 0 Å². The minimum absolute atomic E-state index is 0.206. The van der Waals surface area contributed by atoms with Gasteiger partial charge in [-0.05, 0) is 12.3 Å². The lowest BCUT2D eigenvalue weighted by atomic mass is 9.88. The van der Waals surface area contributed by atoms with E-state index in [0.717, 1.165) is 32.7 Å². The van der Waals surface area contributed by atoms with Crippen molar-refractivity contribution in [2.24, 2.45) is 17.6 Å². The lowest BCUT2D eigenvalue weighted by Crippen LogP contribution is -2.43. The lowest BCUT2D eigenvalue weighted by Gasteiger charge is -2.33. The molecule has 2 atom stereocenters. The van der Waals surface area contributed by atoms with Gasteiger partial charge in [0.05, 0.1) is 6.61 Å². The molecule has 4 nitrogen and oxygen atoms in total. The number of rotatable bonds is 2. The van der Waals surface area contributed by atoms with Gasteiger partial charge in [-0.1, -0.05) is 0 Å². The number of likely N-dealkylation sites (tertiary alicyclic amines) is 1. The molecule has 0 unspecified atom stereocenters. The average molecular weight is 198 g/mol. The molecule has 14 heavy (non-hydrogen) atoms. The van der Waals surface area contributed by atoms with E-state index in [4.69, 9.17) is 10.5 Å². The van der Waals surface area contributed by atoms with E-state index in [1.807, 2.05) is 4.90 Å². The number of nitrogens with zero attached hydrogens (tertiary/aromatic N) is 1. The van der Waals surface area contributed by atoms with Gasteiger partial charge in [0.1, 0.15) is 0 Å². The summed E-state index contributed by atoms with van der Waals surface area (Å²) < 4.78 is 5.42. The molecule has 0 aliphatic carbocycles. The number of piperidine rings is 1. The lowest BCUT2D eigenvalue weighted by molar-refractivity contribution is -0.133. The van der Waals surface area contributed by atoms with Crippen molar-refractivity contribution in [2.45, 2.75) is 12.8 Å². The molecule has 0 saturated carbocycles. The van der Waals surface area contributed by atoms with Gasteiger partial charge < -0.3 is 15.4 Å². The van der Waals surface area contributed by atoms with E-state index >= 15 is 0 Å². The number of hydrogen-bond donors (Lipinski definition) is 1. The summed E-state index contributed by atoms with van der Waals surface area (Å²) in [4.78, 5) is 13.5. The molecule has 2 heterocycles. The van der Waals surface area contributed by atoms with Crippen LogP contribution in [0.4, 0.5) is 0 Å². The SMILES string of the molecule is NCCC(=O)N1CC[C@@H]2COC[C@@H]2C1. The first-order valence-corrected chi connectivity index (χ1v) is 5.37. The number of nitrogens with two attached hydrogens (primary N) is 1. The summed E-state index contributed by atoms with van der Waals surface area (Å²) in [6, 6.07) is 0. The average Bonchev–Trinajstić information content (AvgIpc) is 2.64. The van der Waals surface area contributed by atoms with Crippen LogP contribution in [0.25, 0.3) is 0 Å². The van der Waals surface area contributed by atoms with Crippen LogP contribution in [0.5, 0.6) is 0 Å². The Morgan fingerprint density at radius 2 is 2.21 bits per heavy atom. The van der Waals surface area contributed by atoms with E-state index in [0.29, 0.717) is 24.8 Å². The van der Waals surface area contributed by atoms with Crippen LogP contribution >= 0.6 is 0 Å². The largest absolute Gasteiger partial charge is 0.381 e. The molecule has 0 radical (unpaired) electrons. The molecule has 0 bridgehead atoms. The highest BCUT2D eigenvalue weighted by molar-refractivity contribution is 5.76. The first kappa shape index (κ1) is 9.93. The van der Waals surface area contributed by atoms with E-state index in [2.05, 4.69) is 0 Å². The fourth-order valence-corrected chi connectivity index (χ4v) is 2.37. The summed E-state index contributed by atoms with van der Waals surface area (Å²) in [5.74, 6) is 1.47. The molecular formula is C10H18N2O2. The number of carbonyl (C=O) groups is 1. The molecule has 2 aliphatic rings. The van der Waals surface area contributed by atoms with Gasteiger partial charge in [0.25, 0.3) is 0 Å². The molecule has 2 aliphatic heterocycles. The molecule has 0 aromatic carbocycles. The number of amides is 1. The first-order chi connectivity index (χ1) is 6.81. The van der Waals surface area contributed by atoms with Crippen LogP contribution in [-0.2, 0) is 9.53 Å². The quantitative estimate of drug-likeness (QED) is 0.670. The van der Waals surface area contributed by atoms with Crippen molar-refractivity contribution in [3.8, 4) is 0 Å². The van der Waals surface area contributed by atoms with Crippen molar-refractivity contribution in [2.75, 3.05) is 32.8 Å². The summed E-state index contributed by atoms with van der Waals surface area (Å²) in [7, 11) is 0. The third-order valence-corrected chi connectivity index (χ3v) is 3.27. The van der Waals surface area contributed by atoms with E-state index in [9.17, 15) is 4.79 Å². The zero-order chi connectivity index (χ0) is 9.97. The van der Waals surface area contributed by atoms with Crippen molar-refractivity contribution in [3.63, 3.8) is 0 Å². The van der Waals surface area contributed by atoms with Gasteiger partial charge in [-0.3, -0.25) is 4.79 Å². The highest BCUT2D eigenvalue weighted by Gasteiger charge is 2.34. The smallest absolute Gasteiger partial charge is 0.223 e. The minimum atomic E-state index is 0.206. The Bertz CT molecular complexity index is 220. The highest BCUT2D eigenvalue weighted by Crippen LogP contribution is 2.29. The van der Waals surface area contributed by atoms with Crippen LogP contribution in [0.15, 0.2) is 0 Å². The summed E-state index contributed by atoms with van der Waals surface area (Å²) in [5, 5.41) is 0.